The van der Waals surface area contributed by atoms with Crippen molar-refractivity contribution in [3.05, 3.63) is 23.8 Å². The van der Waals surface area contributed by atoms with Crippen molar-refractivity contribution < 1.29 is 10.2 Å². The van der Waals surface area contributed by atoms with E-state index < -0.39 is 0 Å². The number of phenolic OH excluding ortho intramolecular Hbond substituents is 2. The third kappa shape index (κ3) is 3.45. The second-order valence-electron chi connectivity index (χ2n) is 2.36. The smallest absolute Gasteiger partial charge is 0.157 e. The van der Waals surface area contributed by atoms with Gasteiger partial charge < -0.3 is 15.9 Å². The van der Waals surface area contributed by atoms with Gasteiger partial charge in [-0.25, -0.2) is 5.26 Å². The van der Waals surface area contributed by atoms with Crippen LogP contribution in [-0.4, -0.2) is 16.8 Å². The first-order chi connectivity index (χ1) is 6.24. The minimum Gasteiger partial charge on any atom is -0.504 e. The van der Waals surface area contributed by atoms with Gasteiger partial charge >= 0.3 is 0 Å². The highest BCUT2D eigenvalue weighted by molar-refractivity contribution is 5.40. The average molecular weight is 180 g/mol. The fourth-order valence-corrected chi connectivity index (χ4v) is 0.891. The van der Waals surface area contributed by atoms with Crippen LogP contribution in [0.4, 0.5) is 0 Å². The van der Waals surface area contributed by atoms with Gasteiger partial charge in [0.2, 0.25) is 0 Å². The van der Waals surface area contributed by atoms with Gasteiger partial charge in [-0.3, -0.25) is 0 Å². The van der Waals surface area contributed by atoms with E-state index >= 15 is 0 Å². The van der Waals surface area contributed by atoms with E-state index in [0.29, 0.717) is 13.0 Å². The molecule has 1 aromatic carbocycles. The summed E-state index contributed by atoms with van der Waals surface area (Å²) < 4.78 is 0. The maximum atomic E-state index is 9.04. The Morgan fingerprint density at radius 2 is 1.85 bits per heavy atom. The summed E-state index contributed by atoms with van der Waals surface area (Å²) in [7, 11) is 0. The predicted molar refractivity (Wildman–Crippen MR) is 49.2 cm³/mol. The van der Waals surface area contributed by atoms with Crippen LogP contribution in [0.1, 0.15) is 5.56 Å². The van der Waals surface area contributed by atoms with Crippen LogP contribution < -0.4 is 5.73 Å². The number of aromatic hydroxyl groups is 2. The van der Waals surface area contributed by atoms with Gasteiger partial charge in [0.15, 0.2) is 11.5 Å². The van der Waals surface area contributed by atoms with Crippen LogP contribution in [0, 0.1) is 11.8 Å². The molecule has 0 aromatic heterocycles. The molecule has 0 atom stereocenters. The molecule has 0 aliphatic carbocycles. The van der Waals surface area contributed by atoms with E-state index in [1.54, 1.807) is 6.07 Å². The fourth-order valence-electron chi connectivity index (χ4n) is 0.891. The molecule has 70 valence electrons. The van der Waals surface area contributed by atoms with Crippen LogP contribution in [0.3, 0.4) is 0 Å². The SMILES string of the molecule is C#N.NCCc1ccc(O)c(O)c1. The minimum absolute atomic E-state index is 0.0871. The Labute approximate surface area is 76.9 Å². The Morgan fingerprint density at radius 1 is 1.23 bits per heavy atom. The Morgan fingerprint density at radius 3 is 2.31 bits per heavy atom. The molecular formula is C9H12N2O2. The highest BCUT2D eigenvalue weighted by Crippen LogP contribution is 2.24. The van der Waals surface area contributed by atoms with Crippen LogP contribution in [0.25, 0.3) is 0 Å². The van der Waals surface area contributed by atoms with E-state index in [1.807, 2.05) is 0 Å². The molecule has 0 unspecified atom stereocenters. The maximum Gasteiger partial charge on any atom is 0.157 e. The molecule has 0 radical (unpaired) electrons. The topological polar surface area (TPSA) is 90.3 Å². The molecule has 0 bridgehead atoms. The second-order valence-corrected chi connectivity index (χ2v) is 2.36. The summed E-state index contributed by atoms with van der Waals surface area (Å²) in [6, 6.07) is 4.71. The van der Waals surface area contributed by atoms with Crippen molar-refractivity contribution in [2.45, 2.75) is 6.42 Å². The highest BCUT2D eigenvalue weighted by Gasteiger charge is 1.98. The number of benzene rings is 1. The largest absolute Gasteiger partial charge is 0.504 e. The predicted octanol–water partition coefficient (Wildman–Crippen LogP) is 0.739. The summed E-state index contributed by atoms with van der Waals surface area (Å²) in [5, 5.41) is 24.5. The van der Waals surface area contributed by atoms with Gasteiger partial charge in [-0.15, -0.1) is 0 Å². The van der Waals surface area contributed by atoms with Crippen LogP contribution in [0.15, 0.2) is 18.2 Å². The number of hydrogen-bond donors (Lipinski definition) is 3. The third-order valence-electron chi connectivity index (χ3n) is 1.47. The van der Waals surface area contributed by atoms with Gasteiger partial charge in [-0.1, -0.05) is 6.07 Å². The van der Waals surface area contributed by atoms with E-state index in [4.69, 9.17) is 21.2 Å². The van der Waals surface area contributed by atoms with Gasteiger partial charge in [-0.05, 0) is 30.7 Å². The zero-order valence-corrected chi connectivity index (χ0v) is 7.14. The first-order valence-electron chi connectivity index (χ1n) is 3.71. The van der Waals surface area contributed by atoms with Crippen molar-refractivity contribution in [3.63, 3.8) is 0 Å². The zero-order valence-electron chi connectivity index (χ0n) is 7.14. The van der Waals surface area contributed by atoms with E-state index in [-0.39, 0.29) is 11.5 Å². The number of nitriles is 1. The van der Waals surface area contributed by atoms with Crippen LogP contribution in [-0.2, 0) is 6.42 Å². The van der Waals surface area contributed by atoms with Gasteiger partial charge in [0.25, 0.3) is 0 Å². The van der Waals surface area contributed by atoms with Crippen LogP contribution in [0.2, 0.25) is 0 Å². The number of hydrogen-bond acceptors (Lipinski definition) is 4. The van der Waals surface area contributed by atoms with Gasteiger partial charge in [-0.2, -0.15) is 0 Å². The highest BCUT2D eigenvalue weighted by atomic mass is 16.3. The summed E-state index contributed by atoms with van der Waals surface area (Å²) in [6.45, 7) is 4.05. The maximum absolute atomic E-state index is 9.04. The minimum atomic E-state index is -0.0919. The summed E-state index contributed by atoms with van der Waals surface area (Å²) >= 11 is 0. The third-order valence-corrected chi connectivity index (χ3v) is 1.47. The van der Waals surface area contributed by atoms with Crippen LogP contribution >= 0.6 is 0 Å². The molecule has 0 fully saturated rings. The first kappa shape index (κ1) is 11.3. The van der Waals surface area contributed by atoms with E-state index in [2.05, 4.69) is 6.57 Å². The normalized spacial score (nSPS) is 8.54. The summed E-state index contributed by atoms with van der Waals surface area (Å²) in [4.78, 5) is 0. The molecule has 0 saturated heterocycles. The van der Waals surface area contributed by atoms with Crippen molar-refractivity contribution >= 4 is 0 Å². The molecule has 4 N–H and O–H groups in total. The van der Waals surface area contributed by atoms with E-state index in [1.165, 1.54) is 12.1 Å². The van der Waals surface area contributed by atoms with Crippen molar-refractivity contribution in [1.82, 2.24) is 0 Å². The van der Waals surface area contributed by atoms with Gasteiger partial charge in [0.1, 0.15) is 0 Å². The zero-order chi connectivity index (χ0) is 10.3. The summed E-state index contributed by atoms with van der Waals surface area (Å²) in [5.41, 5.74) is 6.24. The molecule has 0 heterocycles. The van der Waals surface area contributed by atoms with E-state index in [0.717, 1.165) is 5.56 Å². The number of nitrogens with zero attached hydrogens (tertiary/aromatic N) is 1. The molecule has 0 amide bonds. The van der Waals surface area contributed by atoms with Crippen molar-refractivity contribution in [1.29, 1.82) is 5.26 Å². The second kappa shape index (κ2) is 5.86. The molecule has 4 nitrogen and oxygen atoms in total. The molecule has 1 rings (SSSR count). The average Bonchev–Trinajstić information content (AvgIpc) is 2.15. The van der Waals surface area contributed by atoms with Crippen molar-refractivity contribution in [2.75, 3.05) is 6.54 Å². The Balaban J connectivity index is 0.000000671. The first-order valence-corrected chi connectivity index (χ1v) is 3.71. The monoisotopic (exact) mass is 180 g/mol. The number of rotatable bonds is 2. The van der Waals surface area contributed by atoms with Gasteiger partial charge in [0, 0.05) is 6.57 Å². The standard InChI is InChI=1S/C8H11NO2.CHN/c9-4-3-6-1-2-7(10)8(11)5-6;1-2/h1-2,5,10-11H,3-4,9H2;1H. The molecule has 1 aromatic rings. The van der Waals surface area contributed by atoms with Crippen LogP contribution in [0.5, 0.6) is 11.5 Å². The lowest BCUT2D eigenvalue weighted by Gasteiger charge is -2.00. The molecule has 0 saturated carbocycles. The lowest BCUT2D eigenvalue weighted by Crippen LogP contribution is -2.02. The van der Waals surface area contributed by atoms with Crippen molar-refractivity contribution in [2.24, 2.45) is 5.73 Å². The number of phenols is 2. The lowest BCUT2D eigenvalue weighted by molar-refractivity contribution is 0.403. The van der Waals surface area contributed by atoms with Crippen molar-refractivity contribution in [3.8, 4) is 18.1 Å². The molecule has 4 heteroatoms. The summed E-state index contributed by atoms with van der Waals surface area (Å²) in [5.74, 6) is -0.179. The Hall–Kier alpha value is -1.73. The quantitative estimate of drug-likeness (QED) is 0.585. The molecule has 13 heavy (non-hydrogen) atoms. The Kier molecular flexibility index (Phi) is 5.08. The lowest BCUT2D eigenvalue weighted by atomic mass is 10.1. The number of nitrogens with two attached hydrogens (primary N) is 1. The summed E-state index contributed by atoms with van der Waals surface area (Å²) in [6.07, 6.45) is 0.716. The van der Waals surface area contributed by atoms with E-state index in [9.17, 15) is 0 Å². The van der Waals surface area contributed by atoms with Gasteiger partial charge in [0.05, 0.1) is 0 Å². The fraction of sp³-hybridized carbons (Fsp3) is 0.222. The molecule has 0 aliphatic heterocycles. The molecule has 0 aliphatic rings. The molecular weight excluding hydrogens is 168 g/mol. The Bertz CT molecular complexity index is 284. The molecule has 0 spiro atoms.